The van der Waals surface area contributed by atoms with Gasteiger partial charge in [-0.1, -0.05) is 35.9 Å². The molecule has 4 nitrogen and oxygen atoms in total. The molecular formula is C24H16N4S. The molecule has 4 heterocycles. The van der Waals surface area contributed by atoms with Crippen LogP contribution in [0.15, 0.2) is 73.1 Å². The third-order valence-corrected chi connectivity index (χ3v) is 6.37. The van der Waals surface area contributed by atoms with Crippen LogP contribution in [0.2, 0.25) is 0 Å². The van der Waals surface area contributed by atoms with E-state index in [0.717, 1.165) is 37.9 Å². The van der Waals surface area contributed by atoms with Gasteiger partial charge in [-0.2, -0.15) is 5.10 Å². The Morgan fingerprint density at radius 3 is 2.76 bits per heavy atom. The number of nitrogens with zero attached hydrogens (tertiary/aromatic N) is 3. The van der Waals surface area contributed by atoms with Crippen molar-refractivity contribution in [2.75, 3.05) is 0 Å². The van der Waals surface area contributed by atoms with Gasteiger partial charge in [-0.15, -0.1) is 11.3 Å². The number of hydrogen-bond donors (Lipinski definition) is 1. The van der Waals surface area contributed by atoms with Gasteiger partial charge in [0.05, 0.1) is 17.2 Å². The maximum Gasteiger partial charge on any atom is 0.123 e. The summed E-state index contributed by atoms with van der Waals surface area (Å²) < 4.78 is 0. The molecule has 29 heavy (non-hydrogen) atoms. The molecule has 6 rings (SSSR count). The maximum absolute atomic E-state index is 4.63. The third-order valence-electron chi connectivity index (χ3n) is 5.26. The Morgan fingerprint density at radius 2 is 1.86 bits per heavy atom. The zero-order valence-corrected chi connectivity index (χ0v) is 16.5. The Labute approximate surface area is 170 Å². The van der Waals surface area contributed by atoms with Crippen molar-refractivity contribution in [3.8, 4) is 21.7 Å². The predicted octanol–water partition coefficient (Wildman–Crippen LogP) is 6.36. The monoisotopic (exact) mass is 392 g/mol. The first-order chi connectivity index (χ1) is 14.3. The number of pyridine rings is 2. The van der Waals surface area contributed by atoms with Gasteiger partial charge in [0.15, 0.2) is 0 Å². The topological polar surface area (TPSA) is 54.5 Å². The number of H-pyrrole nitrogens is 1. The summed E-state index contributed by atoms with van der Waals surface area (Å²) in [7, 11) is 0. The summed E-state index contributed by atoms with van der Waals surface area (Å²) >= 11 is 1.71. The minimum Gasteiger partial charge on any atom is -0.276 e. The molecule has 0 fully saturated rings. The van der Waals surface area contributed by atoms with E-state index in [1.807, 2.05) is 18.5 Å². The number of fused-ring (bicyclic) bond motifs is 4. The van der Waals surface area contributed by atoms with Gasteiger partial charge >= 0.3 is 0 Å². The van der Waals surface area contributed by atoms with E-state index in [9.17, 15) is 0 Å². The lowest BCUT2D eigenvalue weighted by atomic mass is 10.0. The number of hydrogen-bond acceptors (Lipinski definition) is 4. The van der Waals surface area contributed by atoms with E-state index < -0.39 is 0 Å². The molecule has 138 valence electrons. The number of aromatic nitrogens is 4. The van der Waals surface area contributed by atoms with Gasteiger partial charge in [0.25, 0.3) is 0 Å². The largest absolute Gasteiger partial charge is 0.276 e. The molecule has 0 spiro atoms. The van der Waals surface area contributed by atoms with Gasteiger partial charge in [-0.05, 0) is 42.8 Å². The zero-order valence-electron chi connectivity index (χ0n) is 15.7. The van der Waals surface area contributed by atoms with Gasteiger partial charge in [0, 0.05) is 32.8 Å². The maximum atomic E-state index is 4.63. The highest BCUT2D eigenvalue weighted by atomic mass is 32.1. The quantitative estimate of drug-likeness (QED) is 0.373. The fraction of sp³-hybridized carbons (Fsp3) is 0.0417. The van der Waals surface area contributed by atoms with Crippen molar-refractivity contribution in [2.45, 2.75) is 6.92 Å². The van der Waals surface area contributed by atoms with E-state index in [0.29, 0.717) is 0 Å². The van der Waals surface area contributed by atoms with Gasteiger partial charge < -0.3 is 0 Å². The van der Waals surface area contributed by atoms with E-state index in [-0.39, 0.29) is 0 Å². The van der Waals surface area contributed by atoms with Crippen molar-refractivity contribution >= 4 is 43.4 Å². The van der Waals surface area contributed by atoms with Gasteiger partial charge in [-0.25, -0.2) is 4.98 Å². The summed E-state index contributed by atoms with van der Waals surface area (Å²) in [5, 5.41) is 11.2. The van der Waals surface area contributed by atoms with Crippen LogP contribution in [-0.4, -0.2) is 20.2 Å². The van der Waals surface area contributed by atoms with Gasteiger partial charge in [0.2, 0.25) is 0 Å². The zero-order chi connectivity index (χ0) is 19.4. The normalized spacial score (nSPS) is 11.6. The minimum atomic E-state index is 0.948. The van der Waals surface area contributed by atoms with Crippen molar-refractivity contribution in [3.05, 3.63) is 78.6 Å². The molecule has 5 heteroatoms. The van der Waals surface area contributed by atoms with E-state index in [1.54, 1.807) is 11.3 Å². The fourth-order valence-corrected chi connectivity index (χ4v) is 4.87. The van der Waals surface area contributed by atoms with Crippen LogP contribution >= 0.6 is 11.3 Å². The lowest BCUT2D eigenvalue weighted by Gasteiger charge is -2.05. The van der Waals surface area contributed by atoms with Crippen LogP contribution in [-0.2, 0) is 0 Å². The molecule has 0 aliphatic rings. The summed E-state index contributed by atoms with van der Waals surface area (Å²) in [6, 6.07) is 21.2. The number of benzene rings is 2. The minimum absolute atomic E-state index is 0.948. The van der Waals surface area contributed by atoms with Crippen molar-refractivity contribution in [1.29, 1.82) is 0 Å². The molecule has 0 atom stereocenters. The van der Waals surface area contributed by atoms with Crippen molar-refractivity contribution < 1.29 is 0 Å². The Morgan fingerprint density at radius 1 is 0.897 bits per heavy atom. The fourth-order valence-electron chi connectivity index (χ4n) is 3.87. The van der Waals surface area contributed by atoms with E-state index in [2.05, 4.69) is 81.7 Å². The molecular weight excluding hydrogens is 376 g/mol. The molecule has 0 aliphatic carbocycles. The smallest absolute Gasteiger partial charge is 0.123 e. The molecule has 1 N–H and O–H groups in total. The van der Waals surface area contributed by atoms with E-state index >= 15 is 0 Å². The number of rotatable bonds is 2. The van der Waals surface area contributed by atoms with Crippen LogP contribution in [0.1, 0.15) is 5.56 Å². The number of thiophene rings is 1. The molecule has 0 radical (unpaired) electrons. The molecule has 0 amide bonds. The number of aromatic amines is 1. The first-order valence-electron chi connectivity index (χ1n) is 9.45. The third kappa shape index (κ3) is 2.62. The molecule has 0 saturated heterocycles. The molecule has 6 aromatic rings. The van der Waals surface area contributed by atoms with Crippen LogP contribution in [0.4, 0.5) is 0 Å². The van der Waals surface area contributed by atoms with Gasteiger partial charge in [-0.3, -0.25) is 10.1 Å². The highest BCUT2D eigenvalue weighted by molar-refractivity contribution is 7.21. The van der Waals surface area contributed by atoms with Crippen molar-refractivity contribution in [3.63, 3.8) is 0 Å². The average Bonchev–Trinajstić information content (AvgIpc) is 3.38. The first kappa shape index (κ1) is 16.4. The van der Waals surface area contributed by atoms with Gasteiger partial charge in [0.1, 0.15) is 10.5 Å². The van der Waals surface area contributed by atoms with Crippen LogP contribution in [0, 0.1) is 6.92 Å². The Hall–Kier alpha value is -3.57. The summed E-state index contributed by atoms with van der Waals surface area (Å²) in [6.07, 6.45) is 3.71. The van der Waals surface area contributed by atoms with Crippen LogP contribution in [0.25, 0.3) is 53.7 Å². The number of aryl methyl sites for hydroxylation is 1. The lowest BCUT2D eigenvalue weighted by molar-refractivity contribution is 1.12. The summed E-state index contributed by atoms with van der Waals surface area (Å²) in [6.45, 7) is 2.10. The molecule has 4 aromatic heterocycles. The molecule has 0 aliphatic heterocycles. The number of nitrogens with one attached hydrogen (secondary N) is 1. The van der Waals surface area contributed by atoms with Crippen LogP contribution in [0.5, 0.6) is 0 Å². The Bertz CT molecular complexity index is 1490. The van der Waals surface area contributed by atoms with Crippen LogP contribution in [0.3, 0.4) is 0 Å². The second-order valence-electron chi connectivity index (χ2n) is 7.23. The lowest BCUT2D eigenvalue weighted by Crippen LogP contribution is -1.84. The summed E-state index contributed by atoms with van der Waals surface area (Å²) in [4.78, 5) is 11.4. The second-order valence-corrected chi connectivity index (χ2v) is 8.26. The van der Waals surface area contributed by atoms with Crippen LogP contribution < -0.4 is 0 Å². The van der Waals surface area contributed by atoms with E-state index in [4.69, 9.17) is 0 Å². The molecule has 0 saturated carbocycles. The predicted molar refractivity (Wildman–Crippen MR) is 120 cm³/mol. The standard InChI is InChI=1S/C24H16N4S/c1-14-4-2-5-16(10-14)23-22-18-11-15(7-8-19(18)26-13-20(22)27-28-23)21-12-17-6-3-9-25-24(17)29-21/h2-13H,1H3,(H,27,28). The first-order valence-corrected chi connectivity index (χ1v) is 10.3. The Balaban J connectivity index is 1.62. The highest BCUT2D eigenvalue weighted by Crippen LogP contribution is 2.37. The average molecular weight is 392 g/mol. The highest BCUT2D eigenvalue weighted by Gasteiger charge is 2.14. The molecule has 0 bridgehead atoms. The SMILES string of the molecule is Cc1cccc(-c2n[nH]c3cnc4ccc(-c5cc6cccnc6s5)cc4c23)c1. The van der Waals surface area contributed by atoms with Crippen molar-refractivity contribution in [1.82, 2.24) is 20.2 Å². The summed E-state index contributed by atoms with van der Waals surface area (Å²) in [5.74, 6) is 0. The Kier molecular flexibility index (Phi) is 3.52. The molecule has 0 unspecified atom stereocenters. The van der Waals surface area contributed by atoms with E-state index in [1.165, 1.54) is 21.4 Å². The second kappa shape index (κ2) is 6.22. The summed E-state index contributed by atoms with van der Waals surface area (Å²) in [5.41, 5.74) is 6.38. The molecule has 2 aromatic carbocycles. The van der Waals surface area contributed by atoms with Crippen molar-refractivity contribution in [2.24, 2.45) is 0 Å².